The molecule has 96 valence electrons. The summed E-state index contributed by atoms with van der Waals surface area (Å²) in [6.45, 7) is 6.21. The fourth-order valence-electron chi connectivity index (χ4n) is 2.00. The third-order valence-corrected chi connectivity index (χ3v) is 3.38. The monoisotopic (exact) mass is 243 g/mol. The van der Waals surface area contributed by atoms with E-state index < -0.39 is 0 Å². The van der Waals surface area contributed by atoms with Gasteiger partial charge in [0.05, 0.1) is 11.6 Å². The van der Waals surface area contributed by atoms with E-state index in [4.69, 9.17) is 0 Å². The zero-order valence-electron chi connectivity index (χ0n) is 11.4. The summed E-state index contributed by atoms with van der Waals surface area (Å²) < 4.78 is 0. The normalized spacial score (nSPS) is 13.8. The third kappa shape index (κ3) is 3.08. The van der Waals surface area contributed by atoms with Gasteiger partial charge in [0.15, 0.2) is 0 Å². The highest BCUT2D eigenvalue weighted by Crippen LogP contribution is 2.23. The maximum absolute atomic E-state index is 10.0. The zero-order chi connectivity index (χ0) is 13.2. The Labute approximate surface area is 109 Å². The van der Waals surface area contributed by atoms with Gasteiger partial charge in [-0.2, -0.15) is 0 Å². The summed E-state index contributed by atoms with van der Waals surface area (Å²) in [6, 6.07) is 10.4. The lowest BCUT2D eigenvalue weighted by atomic mass is 9.86. The molecular formula is C16H21NO. The second kappa shape index (κ2) is 5.07. The first kappa shape index (κ1) is 13.0. The van der Waals surface area contributed by atoms with Crippen LogP contribution in [-0.4, -0.2) is 16.2 Å². The van der Waals surface area contributed by atoms with Crippen LogP contribution in [-0.2, 0) is 6.42 Å². The molecule has 1 unspecified atom stereocenters. The summed E-state index contributed by atoms with van der Waals surface area (Å²) in [4.78, 5) is 4.36. The van der Waals surface area contributed by atoms with Crippen LogP contribution in [0.25, 0.3) is 10.9 Å². The fourth-order valence-corrected chi connectivity index (χ4v) is 2.00. The fraction of sp³-hybridized carbons (Fsp3) is 0.438. The number of aliphatic hydroxyl groups excluding tert-OH is 1. The maximum Gasteiger partial charge on any atom is 0.0704 e. The Hall–Kier alpha value is -1.41. The molecule has 1 heterocycles. The van der Waals surface area contributed by atoms with E-state index >= 15 is 0 Å². The molecule has 18 heavy (non-hydrogen) atoms. The van der Waals surface area contributed by atoms with E-state index in [9.17, 15) is 5.11 Å². The van der Waals surface area contributed by atoms with Crippen LogP contribution in [0.15, 0.2) is 36.5 Å². The largest absolute Gasteiger partial charge is 0.393 e. The van der Waals surface area contributed by atoms with Gasteiger partial charge in [-0.1, -0.05) is 39.0 Å². The molecule has 0 aliphatic heterocycles. The minimum atomic E-state index is -0.267. The summed E-state index contributed by atoms with van der Waals surface area (Å²) in [6.07, 6.45) is 3.24. The molecule has 2 aromatic rings. The molecule has 0 spiro atoms. The van der Waals surface area contributed by atoms with Gasteiger partial charge < -0.3 is 5.11 Å². The van der Waals surface area contributed by atoms with Gasteiger partial charge in [0, 0.05) is 11.6 Å². The molecule has 0 aliphatic rings. The standard InChI is InChI=1S/C16H21NO/c1-16(2,3)15(18)9-7-12-6-8-13-5-4-10-17-14(13)11-12/h4-6,8,10-11,15,18H,7,9H2,1-3H3. The highest BCUT2D eigenvalue weighted by atomic mass is 16.3. The first-order valence-electron chi connectivity index (χ1n) is 6.48. The molecule has 0 bridgehead atoms. The van der Waals surface area contributed by atoms with Gasteiger partial charge in [-0.15, -0.1) is 0 Å². The Morgan fingerprint density at radius 2 is 2.00 bits per heavy atom. The molecule has 2 heteroatoms. The molecule has 1 aromatic carbocycles. The molecule has 2 rings (SSSR count). The molecule has 0 amide bonds. The number of aromatic nitrogens is 1. The van der Waals surface area contributed by atoms with Crippen molar-refractivity contribution < 1.29 is 5.11 Å². The van der Waals surface area contributed by atoms with Gasteiger partial charge in [0.25, 0.3) is 0 Å². The van der Waals surface area contributed by atoms with E-state index in [1.807, 2.05) is 12.3 Å². The minimum Gasteiger partial charge on any atom is -0.393 e. The molecule has 2 nitrogen and oxygen atoms in total. The van der Waals surface area contributed by atoms with E-state index in [1.54, 1.807) is 0 Å². The molecule has 1 N–H and O–H groups in total. The average Bonchev–Trinajstić information content (AvgIpc) is 2.34. The van der Waals surface area contributed by atoms with Gasteiger partial charge in [-0.05, 0) is 36.0 Å². The Kier molecular flexibility index (Phi) is 3.67. The van der Waals surface area contributed by atoms with E-state index in [0.717, 1.165) is 23.7 Å². The lowest BCUT2D eigenvalue weighted by Gasteiger charge is -2.25. The van der Waals surface area contributed by atoms with Crippen LogP contribution in [0.4, 0.5) is 0 Å². The van der Waals surface area contributed by atoms with Gasteiger partial charge >= 0.3 is 0 Å². The van der Waals surface area contributed by atoms with E-state index in [0.29, 0.717) is 0 Å². The number of fused-ring (bicyclic) bond motifs is 1. The van der Waals surface area contributed by atoms with Crippen LogP contribution < -0.4 is 0 Å². The predicted molar refractivity (Wildman–Crippen MR) is 75.5 cm³/mol. The lowest BCUT2D eigenvalue weighted by molar-refractivity contribution is 0.0560. The molecule has 0 fully saturated rings. The number of aryl methyl sites for hydroxylation is 1. The Morgan fingerprint density at radius 3 is 2.72 bits per heavy atom. The molecule has 0 saturated heterocycles. The summed E-state index contributed by atoms with van der Waals surface area (Å²) in [7, 11) is 0. The van der Waals surface area contributed by atoms with Crippen molar-refractivity contribution in [3.05, 3.63) is 42.1 Å². The SMILES string of the molecule is CC(C)(C)C(O)CCc1ccc2cccnc2c1. The lowest BCUT2D eigenvalue weighted by Crippen LogP contribution is -2.26. The van der Waals surface area contributed by atoms with Crippen LogP contribution in [0.2, 0.25) is 0 Å². The van der Waals surface area contributed by atoms with Crippen LogP contribution in [0.5, 0.6) is 0 Å². The highest BCUT2D eigenvalue weighted by molar-refractivity contribution is 5.78. The second-order valence-electron chi connectivity index (χ2n) is 5.95. The predicted octanol–water partition coefficient (Wildman–Crippen LogP) is 3.57. The number of hydrogen-bond donors (Lipinski definition) is 1. The first-order valence-corrected chi connectivity index (χ1v) is 6.48. The van der Waals surface area contributed by atoms with Crippen molar-refractivity contribution in [3.63, 3.8) is 0 Å². The van der Waals surface area contributed by atoms with Crippen LogP contribution in [0, 0.1) is 5.41 Å². The number of hydrogen-bond acceptors (Lipinski definition) is 2. The Bertz CT molecular complexity index is 528. The molecule has 1 aromatic heterocycles. The number of rotatable bonds is 3. The van der Waals surface area contributed by atoms with Crippen molar-refractivity contribution in [2.75, 3.05) is 0 Å². The van der Waals surface area contributed by atoms with Crippen LogP contribution >= 0.6 is 0 Å². The van der Waals surface area contributed by atoms with Crippen LogP contribution in [0.3, 0.4) is 0 Å². The first-order chi connectivity index (χ1) is 8.47. The zero-order valence-corrected chi connectivity index (χ0v) is 11.4. The summed E-state index contributed by atoms with van der Waals surface area (Å²) >= 11 is 0. The maximum atomic E-state index is 10.0. The van der Waals surface area contributed by atoms with Crippen molar-refractivity contribution in [3.8, 4) is 0 Å². The summed E-state index contributed by atoms with van der Waals surface area (Å²) in [5.41, 5.74) is 2.22. The van der Waals surface area contributed by atoms with Crippen molar-refractivity contribution in [1.82, 2.24) is 4.98 Å². The molecule has 0 saturated carbocycles. The molecule has 0 aliphatic carbocycles. The third-order valence-electron chi connectivity index (χ3n) is 3.38. The summed E-state index contributed by atoms with van der Waals surface area (Å²) in [5.74, 6) is 0. The van der Waals surface area contributed by atoms with Crippen molar-refractivity contribution in [1.29, 1.82) is 0 Å². The number of pyridine rings is 1. The van der Waals surface area contributed by atoms with Gasteiger partial charge in [-0.3, -0.25) is 4.98 Å². The Morgan fingerprint density at radius 1 is 1.22 bits per heavy atom. The quantitative estimate of drug-likeness (QED) is 0.894. The molecular weight excluding hydrogens is 222 g/mol. The van der Waals surface area contributed by atoms with Gasteiger partial charge in [0.2, 0.25) is 0 Å². The van der Waals surface area contributed by atoms with Gasteiger partial charge in [0.1, 0.15) is 0 Å². The Balaban J connectivity index is 2.08. The van der Waals surface area contributed by atoms with Crippen molar-refractivity contribution in [2.45, 2.75) is 39.7 Å². The van der Waals surface area contributed by atoms with Gasteiger partial charge in [-0.25, -0.2) is 0 Å². The molecule has 0 radical (unpaired) electrons. The average molecular weight is 243 g/mol. The minimum absolute atomic E-state index is 0.0465. The second-order valence-corrected chi connectivity index (χ2v) is 5.95. The molecule has 1 atom stereocenters. The summed E-state index contributed by atoms with van der Waals surface area (Å²) in [5, 5.41) is 11.2. The number of aliphatic hydroxyl groups is 1. The van der Waals surface area contributed by atoms with Crippen LogP contribution in [0.1, 0.15) is 32.8 Å². The van der Waals surface area contributed by atoms with Crippen molar-refractivity contribution >= 4 is 10.9 Å². The topological polar surface area (TPSA) is 33.1 Å². The smallest absolute Gasteiger partial charge is 0.0704 e. The van der Waals surface area contributed by atoms with E-state index in [2.05, 4.69) is 50.0 Å². The van der Waals surface area contributed by atoms with Crippen molar-refractivity contribution in [2.24, 2.45) is 5.41 Å². The highest BCUT2D eigenvalue weighted by Gasteiger charge is 2.21. The van der Waals surface area contributed by atoms with E-state index in [-0.39, 0.29) is 11.5 Å². The number of benzene rings is 1. The number of nitrogens with zero attached hydrogens (tertiary/aromatic N) is 1. The van der Waals surface area contributed by atoms with E-state index in [1.165, 1.54) is 5.56 Å².